The molecule has 2 heterocycles. The van der Waals surface area contributed by atoms with Gasteiger partial charge in [0.2, 0.25) is 5.88 Å². The Morgan fingerprint density at radius 1 is 1.31 bits per heavy atom. The Morgan fingerprint density at radius 3 is 2.81 bits per heavy atom. The molecule has 1 aromatic heterocycles. The topological polar surface area (TPSA) is 96.7 Å². The van der Waals surface area contributed by atoms with Gasteiger partial charge >= 0.3 is 51.4 Å². The molecule has 1 aliphatic heterocycles. The van der Waals surface area contributed by atoms with E-state index in [0.29, 0.717) is 13.0 Å². The molecule has 0 N–H and O–H groups in total. The normalized spacial score (nSPS) is 13.7. The van der Waals surface area contributed by atoms with E-state index in [1.807, 2.05) is 0 Å². The van der Waals surface area contributed by atoms with Gasteiger partial charge in [0.25, 0.3) is 0 Å². The van der Waals surface area contributed by atoms with Crippen molar-refractivity contribution in [3.63, 3.8) is 0 Å². The molecule has 7 nitrogen and oxygen atoms in total. The maximum atomic E-state index is 13.4. The second-order valence-corrected chi connectivity index (χ2v) is 6.86. The quantitative estimate of drug-likeness (QED) is 0.665. The van der Waals surface area contributed by atoms with Gasteiger partial charge in [-0.25, -0.2) is 17.8 Å². The largest absolute Gasteiger partial charge is 1.00 e. The predicted molar refractivity (Wildman–Crippen MR) is 86.5 cm³/mol. The van der Waals surface area contributed by atoms with Crippen molar-refractivity contribution in [2.75, 3.05) is 13.7 Å². The van der Waals surface area contributed by atoms with E-state index < -0.39 is 20.7 Å². The number of carbonyl (C=O) groups excluding carboxylic acids is 1. The molecule has 0 fully saturated rings. The average Bonchev–Trinajstić information content (AvgIpc) is 2.76. The van der Waals surface area contributed by atoms with Crippen LogP contribution >= 0.6 is 0 Å². The number of hydrogen-bond donors (Lipinski definition) is 0. The number of pyridine rings is 1. The maximum absolute atomic E-state index is 13.4. The molecule has 0 radical (unpaired) electrons. The average molecular weight is 404 g/mol. The van der Waals surface area contributed by atoms with Crippen LogP contribution in [0.2, 0.25) is 0 Å². The van der Waals surface area contributed by atoms with Crippen LogP contribution < -0.4 is 60.9 Å². The van der Waals surface area contributed by atoms with Crippen molar-refractivity contribution >= 4 is 21.5 Å². The number of ether oxygens (including phenoxy) is 2. The Hall–Kier alpha value is -1.04. The number of sulfonamides is 1. The second kappa shape index (κ2) is 8.76. The van der Waals surface area contributed by atoms with Gasteiger partial charge in [-0.1, -0.05) is 6.07 Å². The van der Waals surface area contributed by atoms with E-state index in [4.69, 9.17) is 9.47 Å². The van der Waals surface area contributed by atoms with E-state index in [0.717, 1.165) is 12.1 Å². The smallest absolute Gasteiger partial charge is 0.571 e. The van der Waals surface area contributed by atoms with Gasteiger partial charge in [0.05, 0.1) is 24.2 Å². The van der Waals surface area contributed by atoms with Crippen LogP contribution in [0.1, 0.15) is 23.2 Å². The first-order valence-electron chi connectivity index (χ1n) is 7.38. The fourth-order valence-corrected chi connectivity index (χ4v) is 3.53. The van der Waals surface area contributed by atoms with Crippen LogP contribution in [0.4, 0.5) is 10.1 Å². The molecule has 0 atom stereocenters. The van der Waals surface area contributed by atoms with Gasteiger partial charge in [0.15, 0.2) is 5.78 Å². The summed E-state index contributed by atoms with van der Waals surface area (Å²) in [6.07, 6.45) is 2.02. The minimum atomic E-state index is -4.26. The molecule has 0 aliphatic carbocycles. The number of rotatable bonds is 4. The standard InChI is InChI=1S/C16H14FN2O5S.K/c1-23-14-5-4-10(17)7-15(14)25(21,22)19-11-8-12-13(20)3-2-6-24-16(12)18-9-11;/h4-5,7-9H,2-3,6H2,1H3;/q-1;+1. The molecule has 3 rings (SSSR count). The van der Waals surface area contributed by atoms with Crippen molar-refractivity contribution in [2.24, 2.45) is 0 Å². The number of carbonyl (C=O) groups is 1. The summed E-state index contributed by atoms with van der Waals surface area (Å²) in [4.78, 5) is 15.6. The zero-order chi connectivity index (χ0) is 18.0. The van der Waals surface area contributed by atoms with Crippen LogP contribution in [0.25, 0.3) is 4.72 Å². The summed E-state index contributed by atoms with van der Waals surface area (Å²) in [6.45, 7) is 0.362. The van der Waals surface area contributed by atoms with E-state index in [2.05, 4.69) is 9.71 Å². The van der Waals surface area contributed by atoms with Gasteiger partial charge in [-0.05, 0) is 24.6 Å². The van der Waals surface area contributed by atoms with E-state index in [9.17, 15) is 17.6 Å². The van der Waals surface area contributed by atoms with Crippen LogP contribution in [0.5, 0.6) is 11.6 Å². The molecule has 26 heavy (non-hydrogen) atoms. The van der Waals surface area contributed by atoms with Crippen LogP contribution in [0, 0.1) is 5.82 Å². The van der Waals surface area contributed by atoms with Crippen LogP contribution in [-0.4, -0.2) is 32.9 Å². The zero-order valence-electron chi connectivity index (χ0n) is 14.2. The van der Waals surface area contributed by atoms with Crippen molar-refractivity contribution < 1.29 is 78.5 Å². The molecular weight excluding hydrogens is 390 g/mol. The molecule has 2 aromatic rings. The Kier molecular flexibility index (Phi) is 7.17. The number of hydrogen-bond acceptors (Lipinski definition) is 6. The SMILES string of the molecule is COc1ccc(F)cc1S(=O)(=O)[N-]c1cnc2c(c1)C(=O)CCCO2.[K+]. The van der Waals surface area contributed by atoms with E-state index in [-0.39, 0.29) is 86.5 Å². The van der Waals surface area contributed by atoms with Crippen molar-refractivity contribution in [1.29, 1.82) is 0 Å². The number of fused-ring (bicyclic) bond motifs is 1. The maximum Gasteiger partial charge on any atom is 1.00 e. The third-order valence-corrected chi connectivity index (χ3v) is 4.88. The van der Waals surface area contributed by atoms with Gasteiger partial charge in [-0.3, -0.25) is 4.79 Å². The molecule has 0 amide bonds. The summed E-state index contributed by atoms with van der Waals surface area (Å²) in [6, 6.07) is 4.41. The number of Topliss-reactive ketones (excluding diaryl/α,β-unsaturated/α-hetero) is 1. The Labute approximate surface area is 192 Å². The van der Waals surface area contributed by atoms with E-state index in [1.54, 1.807) is 0 Å². The van der Waals surface area contributed by atoms with Gasteiger partial charge in [0.1, 0.15) is 21.6 Å². The second-order valence-electron chi connectivity index (χ2n) is 5.28. The first-order chi connectivity index (χ1) is 11.9. The summed E-state index contributed by atoms with van der Waals surface area (Å²) in [7, 11) is -2.99. The number of aromatic nitrogens is 1. The number of methoxy groups -OCH3 is 1. The molecule has 0 saturated heterocycles. The number of halogens is 1. The van der Waals surface area contributed by atoms with Gasteiger partial charge < -0.3 is 14.2 Å². The van der Waals surface area contributed by atoms with E-state index >= 15 is 0 Å². The molecule has 1 aliphatic rings. The summed E-state index contributed by atoms with van der Waals surface area (Å²) >= 11 is 0. The minimum absolute atomic E-state index is 0. The summed E-state index contributed by atoms with van der Waals surface area (Å²) in [5, 5.41) is 0. The molecule has 0 unspecified atom stereocenters. The number of nitrogens with zero attached hydrogens (tertiary/aromatic N) is 2. The fourth-order valence-electron chi connectivity index (χ4n) is 2.38. The molecular formula is C16H14FKN2O5S. The van der Waals surface area contributed by atoms with Crippen LogP contribution in [0.3, 0.4) is 0 Å². The Bertz CT molecular complexity index is 936. The predicted octanol–water partition coefficient (Wildman–Crippen LogP) is -0.0173. The Balaban J connectivity index is 0.00000243. The third-order valence-electron chi connectivity index (χ3n) is 3.55. The monoisotopic (exact) mass is 404 g/mol. The van der Waals surface area contributed by atoms with Crippen molar-refractivity contribution in [3.05, 3.63) is 46.6 Å². The summed E-state index contributed by atoms with van der Waals surface area (Å²) < 4.78 is 52.4. The number of ketones is 1. The van der Waals surface area contributed by atoms with Crippen molar-refractivity contribution in [3.8, 4) is 11.6 Å². The van der Waals surface area contributed by atoms with Gasteiger partial charge in [-0.2, -0.15) is 0 Å². The molecule has 132 valence electrons. The van der Waals surface area contributed by atoms with Crippen molar-refractivity contribution in [1.82, 2.24) is 4.98 Å². The molecule has 0 saturated carbocycles. The Morgan fingerprint density at radius 2 is 2.08 bits per heavy atom. The van der Waals surface area contributed by atoms with Crippen LogP contribution in [-0.2, 0) is 10.0 Å². The first kappa shape index (κ1) is 21.3. The van der Waals surface area contributed by atoms with Crippen LogP contribution in [0.15, 0.2) is 35.4 Å². The molecule has 0 spiro atoms. The first-order valence-corrected chi connectivity index (χ1v) is 8.82. The van der Waals surface area contributed by atoms with Gasteiger partial charge in [-0.15, -0.1) is 5.69 Å². The molecule has 1 aromatic carbocycles. The fraction of sp³-hybridized carbons (Fsp3) is 0.250. The third kappa shape index (κ3) is 4.62. The van der Waals surface area contributed by atoms with E-state index in [1.165, 1.54) is 25.4 Å². The van der Waals surface area contributed by atoms with Crippen molar-refractivity contribution in [2.45, 2.75) is 17.7 Å². The van der Waals surface area contributed by atoms with Gasteiger partial charge in [0, 0.05) is 12.6 Å². The number of benzene rings is 1. The minimum Gasteiger partial charge on any atom is -0.571 e. The summed E-state index contributed by atoms with van der Waals surface area (Å²) in [5.74, 6) is -0.814. The molecule has 0 bridgehead atoms. The summed E-state index contributed by atoms with van der Waals surface area (Å²) in [5.41, 5.74) is 0.129. The molecule has 10 heteroatoms. The zero-order valence-corrected chi connectivity index (χ0v) is 18.2.